The first-order valence-corrected chi connectivity index (χ1v) is 7.23. The Bertz CT molecular complexity index is 464. The van der Waals surface area contributed by atoms with Crippen molar-refractivity contribution in [1.29, 1.82) is 0 Å². The summed E-state index contributed by atoms with van der Waals surface area (Å²) in [5.74, 6) is 1.64. The molecule has 0 spiro atoms. The second-order valence-corrected chi connectivity index (χ2v) is 4.93. The summed E-state index contributed by atoms with van der Waals surface area (Å²) in [5, 5.41) is 0. The van der Waals surface area contributed by atoms with Crippen LogP contribution in [0, 0.1) is 0 Å². The van der Waals surface area contributed by atoms with Crippen LogP contribution in [0.25, 0.3) is 0 Å². The van der Waals surface area contributed by atoms with E-state index in [4.69, 9.17) is 16.3 Å². The van der Waals surface area contributed by atoms with Crippen LogP contribution in [-0.4, -0.2) is 12.5 Å². The maximum atomic E-state index is 5.65. The molecule has 0 aliphatic rings. The van der Waals surface area contributed by atoms with Gasteiger partial charge in [0.15, 0.2) is 0 Å². The lowest BCUT2D eigenvalue weighted by Gasteiger charge is -2.07. The second kappa shape index (κ2) is 7.85. The van der Waals surface area contributed by atoms with E-state index in [0.29, 0.717) is 5.88 Å². The third-order valence-electron chi connectivity index (χ3n) is 2.97. The highest BCUT2D eigenvalue weighted by Gasteiger charge is 1.97. The van der Waals surface area contributed by atoms with Crippen LogP contribution in [0.5, 0.6) is 5.75 Å². The summed E-state index contributed by atoms with van der Waals surface area (Å²) in [6, 6.07) is 18.8. The monoisotopic (exact) mass is 274 g/mol. The van der Waals surface area contributed by atoms with Crippen LogP contribution >= 0.6 is 11.6 Å². The highest BCUT2D eigenvalue weighted by atomic mass is 35.5. The van der Waals surface area contributed by atoms with E-state index in [1.807, 2.05) is 18.2 Å². The maximum Gasteiger partial charge on any atom is 0.119 e. The number of rotatable bonds is 7. The highest BCUT2D eigenvalue weighted by molar-refractivity contribution is 6.17. The van der Waals surface area contributed by atoms with Gasteiger partial charge in [0.05, 0.1) is 6.61 Å². The minimum absolute atomic E-state index is 0.708. The number of benzene rings is 2. The van der Waals surface area contributed by atoms with E-state index in [2.05, 4.69) is 36.4 Å². The van der Waals surface area contributed by atoms with Crippen LogP contribution in [0.3, 0.4) is 0 Å². The van der Waals surface area contributed by atoms with Crippen molar-refractivity contribution in [3.05, 3.63) is 65.7 Å². The largest absolute Gasteiger partial charge is 0.494 e. The molecule has 100 valence electrons. The van der Waals surface area contributed by atoms with Crippen molar-refractivity contribution in [2.75, 3.05) is 12.5 Å². The van der Waals surface area contributed by atoms with Crippen LogP contribution in [0.15, 0.2) is 54.6 Å². The minimum Gasteiger partial charge on any atom is -0.494 e. The normalized spacial score (nSPS) is 10.4. The van der Waals surface area contributed by atoms with E-state index in [1.54, 1.807) is 0 Å². The van der Waals surface area contributed by atoms with E-state index in [-0.39, 0.29) is 0 Å². The summed E-state index contributed by atoms with van der Waals surface area (Å²) in [6.07, 6.45) is 2.98. The average molecular weight is 275 g/mol. The van der Waals surface area contributed by atoms with E-state index in [9.17, 15) is 0 Å². The molecule has 0 aromatic heterocycles. The number of ether oxygens (including phenoxy) is 1. The lowest BCUT2D eigenvalue weighted by Crippen LogP contribution is -1.97. The molecular weight excluding hydrogens is 256 g/mol. The van der Waals surface area contributed by atoms with Gasteiger partial charge in [0.1, 0.15) is 5.75 Å². The Hall–Kier alpha value is -1.47. The van der Waals surface area contributed by atoms with Crippen LogP contribution < -0.4 is 4.74 Å². The molecule has 0 bridgehead atoms. The molecule has 0 aliphatic carbocycles. The molecule has 0 radical (unpaired) electrons. The number of hydrogen-bond donors (Lipinski definition) is 0. The molecule has 2 aromatic rings. The van der Waals surface area contributed by atoms with Crippen molar-refractivity contribution in [1.82, 2.24) is 0 Å². The zero-order valence-corrected chi connectivity index (χ0v) is 11.8. The van der Waals surface area contributed by atoms with E-state index < -0.39 is 0 Å². The van der Waals surface area contributed by atoms with Crippen LogP contribution in [0.4, 0.5) is 0 Å². The Morgan fingerprint density at radius 2 is 1.47 bits per heavy atom. The van der Waals surface area contributed by atoms with Gasteiger partial charge in [-0.05, 0) is 42.5 Å². The SMILES string of the molecule is ClCCCCOc1ccc(Cc2ccccc2)cc1. The van der Waals surface area contributed by atoms with Gasteiger partial charge >= 0.3 is 0 Å². The fourth-order valence-corrected chi connectivity index (χ4v) is 2.11. The molecule has 2 aromatic carbocycles. The second-order valence-electron chi connectivity index (χ2n) is 4.55. The molecule has 0 aliphatic heterocycles. The summed E-state index contributed by atoms with van der Waals surface area (Å²) in [6.45, 7) is 0.741. The molecule has 2 heteroatoms. The molecule has 0 N–H and O–H groups in total. The summed E-state index contributed by atoms with van der Waals surface area (Å²) in [7, 11) is 0. The Kier molecular flexibility index (Phi) is 5.77. The molecule has 0 heterocycles. The Labute approximate surface area is 120 Å². The van der Waals surface area contributed by atoms with E-state index in [1.165, 1.54) is 11.1 Å². The van der Waals surface area contributed by atoms with E-state index in [0.717, 1.165) is 31.6 Å². The fourth-order valence-electron chi connectivity index (χ4n) is 1.92. The topological polar surface area (TPSA) is 9.23 Å². The first-order chi connectivity index (χ1) is 9.38. The number of halogens is 1. The van der Waals surface area contributed by atoms with Gasteiger partial charge < -0.3 is 4.74 Å². The van der Waals surface area contributed by atoms with Crippen LogP contribution in [0.2, 0.25) is 0 Å². The van der Waals surface area contributed by atoms with Crippen molar-refractivity contribution in [3.63, 3.8) is 0 Å². The molecule has 1 nitrogen and oxygen atoms in total. The van der Waals surface area contributed by atoms with Gasteiger partial charge in [-0.25, -0.2) is 0 Å². The van der Waals surface area contributed by atoms with E-state index >= 15 is 0 Å². The summed E-state index contributed by atoms with van der Waals surface area (Å²) >= 11 is 5.63. The van der Waals surface area contributed by atoms with Gasteiger partial charge in [-0.15, -0.1) is 11.6 Å². The lowest BCUT2D eigenvalue weighted by molar-refractivity contribution is 0.309. The standard InChI is InChI=1S/C17H19ClO/c18-12-4-5-13-19-17-10-8-16(9-11-17)14-15-6-2-1-3-7-15/h1-3,6-11H,4-5,12-14H2. The molecular formula is C17H19ClO. The number of unbranched alkanes of at least 4 members (excludes halogenated alkanes) is 1. The van der Waals surface area contributed by atoms with Gasteiger partial charge in [-0.1, -0.05) is 42.5 Å². The third-order valence-corrected chi connectivity index (χ3v) is 3.24. The molecule has 0 unspecified atom stereocenters. The van der Waals surface area contributed by atoms with Crippen molar-refractivity contribution < 1.29 is 4.74 Å². The fraction of sp³-hybridized carbons (Fsp3) is 0.294. The van der Waals surface area contributed by atoms with Crippen molar-refractivity contribution >= 4 is 11.6 Å². The number of hydrogen-bond acceptors (Lipinski definition) is 1. The first kappa shape index (κ1) is 14.0. The van der Waals surface area contributed by atoms with Crippen molar-refractivity contribution in [2.45, 2.75) is 19.3 Å². The Balaban J connectivity index is 1.84. The zero-order valence-electron chi connectivity index (χ0n) is 11.0. The summed E-state index contributed by atoms with van der Waals surface area (Å²) in [4.78, 5) is 0. The third kappa shape index (κ3) is 4.96. The van der Waals surface area contributed by atoms with Gasteiger partial charge in [0.25, 0.3) is 0 Å². The molecule has 19 heavy (non-hydrogen) atoms. The summed E-state index contributed by atoms with van der Waals surface area (Å²) in [5.41, 5.74) is 2.64. The average Bonchev–Trinajstić information content (AvgIpc) is 2.46. The van der Waals surface area contributed by atoms with Gasteiger partial charge in [-0.3, -0.25) is 0 Å². The molecule has 0 saturated carbocycles. The smallest absolute Gasteiger partial charge is 0.119 e. The maximum absolute atomic E-state index is 5.65. The number of alkyl halides is 1. The molecule has 0 saturated heterocycles. The van der Waals surface area contributed by atoms with Crippen LogP contribution in [0.1, 0.15) is 24.0 Å². The minimum atomic E-state index is 0.708. The van der Waals surface area contributed by atoms with Crippen molar-refractivity contribution in [2.24, 2.45) is 0 Å². The van der Waals surface area contributed by atoms with Gasteiger partial charge in [0.2, 0.25) is 0 Å². The lowest BCUT2D eigenvalue weighted by atomic mass is 10.1. The predicted molar refractivity (Wildman–Crippen MR) is 81.1 cm³/mol. The molecule has 0 amide bonds. The summed E-state index contributed by atoms with van der Waals surface area (Å²) < 4.78 is 5.65. The van der Waals surface area contributed by atoms with Gasteiger partial charge in [-0.2, -0.15) is 0 Å². The molecule has 0 atom stereocenters. The molecule has 2 rings (SSSR count). The highest BCUT2D eigenvalue weighted by Crippen LogP contribution is 2.15. The van der Waals surface area contributed by atoms with Crippen molar-refractivity contribution in [3.8, 4) is 5.75 Å². The van der Waals surface area contributed by atoms with Gasteiger partial charge in [0, 0.05) is 5.88 Å². The first-order valence-electron chi connectivity index (χ1n) is 6.70. The quantitative estimate of drug-likeness (QED) is 0.526. The Morgan fingerprint density at radius 1 is 0.789 bits per heavy atom. The predicted octanol–water partition coefficient (Wildman–Crippen LogP) is 4.68. The zero-order chi connectivity index (χ0) is 13.3. The molecule has 0 fully saturated rings. The van der Waals surface area contributed by atoms with Crippen LogP contribution in [-0.2, 0) is 6.42 Å². The Morgan fingerprint density at radius 3 is 2.16 bits per heavy atom.